The summed E-state index contributed by atoms with van der Waals surface area (Å²) in [6.07, 6.45) is 5.45. The lowest BCUT2D eigenvalue weighted by atomic mass is 10.1. The predicted octanol–water partition coefficient (Wildman–Crippen LogP) is 2.19. The van der Waals surface area contributed by atoms with Crippen LogP contribution in [0, 0.1) is 0 Å². The highest BCUT2D eigenvalue weighted by Gasteiger charge is 2.22. The minimum absolute atomic E-state index is 0.0826. The molecule has 2 rings (SSSR count). The largest absolute Gasteiger partial charge is 0.465 e. The standard InChI is InChI=1S/C20H24N2O6/c1-13(18(24)22-20(26)21-16-5-3-4-6-16)28-17(23)12-9-14-7-10-15(11-8-14)19(25)27-2/h7-13,16H,3-6H2,1-2H3,(H2,21,22,24,26)/b12-9+/t13-/m0/s1. The molecule has 0 bridgehead atoms. The van der Waals surface area contributed by atoms with E-state index in [9.17, 15) is 19.2 Å². The van der Waals surface area contributed by atoms with E-state index in [4.69, 9.17) is 4.74 Å². The van der Waals surface area contributed by atoms with Gasteiger partial charge in [0.15, 0.2) is 6.10 Å². The number of carbonyl (C=O) groups is 4. The van der Waals surface area contributed by atoms with Crippen molar-refractivity contribution in [2.75, 3.05) is 7.11 Å². The van der Waals surface area contributed by atoms with Crippen molar-refractivity contribution in [1.29, 1.82) is 0 Å². The van der Waals surface area contributed by atoms with E-state index in [1.54, 1.807) is 24.3 Å². The molecule has 3 amide bonds. The molecule has 150 valence electrons. The third-order valence-corrected chi connectivity index (χ3v) is 4.33. The van der Waals surface area contributed by atoms with Crippen LogP contribution in [0.2, 0.25) is 0 Å². The number of urea groups is 1. The van der Waals surface area contributed by atoms with E-state index < -0.39 is 30.0 Å². The van der Waals surface area contributed by atoms with Gasteiger partial charge in [-0.25, -0.2) is 14.4 Å². The molecule has 28 heavy (non-hydrogen) atoms. The highest BCUT2D eigenvalue weighted by Crippen LogP contribution is 2.17. The Kier molecular flexibility index (Phi) is 7.74. The van der Waals surface area contributed by atoms with Crippen LogP contribution < -0.4 is 10.6 Å². The Bertz CT molecular complexity index is 750. The maximum absolute atomic E-state index is 11.9. The van der Waals surface area contributed by atoms with Crippen LogP contribution >= 0.6 is 0 Å². The lowest BCUT2D eigenvalue weighted by molar-refractivity contribution is -0.149. The summed E-state index contributed by atoms with van der Waals surface area (Å²) in [5, 5.41) is 4.90. The number of amides is 3. The summed E-state index contributed by atoms with van der Waals surface area (Å²) in [7, 11) is 1.29. The molecule has 0 spiro atoms. The Morgan fingerprint density at radius 2 is 1.75 bits per heavy atom. The molecule has 1 fully saturated rings. The van der Waals surface area contributed by atoms with Crippen LogP contribution in [-0.2, 0) is 19.1 Å². The zero-order valence-electron chi connectivity index (χ0n) is 15.9. The van der Waals surface area contributed by atoms with E-state index in [-0.39, 0.29) is 6.04 Å². The van der Waals surface area contributed by atoms with Gasteiger partial charge in [-0.1, -0.05) is 25.0 Å². The number of esters is 2. The van der Waals surface area contributed by atoms with Crippen LogP contribution in [0.15, 0.2) is 30.3 Å². The molecule has 0 saturated heterocycles. The van der Waals surface area contributed by atoms with Crippen molar-refractivity contribution in [3.63, 3.8) is 0 Å². The second kappa shape index (κ2) is 10.2. The van der Waals surface area contributed by atoms with Crippen LogP contribution in [-0.4, -0.2) is 43.1 Å². The third-order valence-electron chi connectivity index (χ3n) is 4.33. The Hall–Kier alpha value is -3.16. The first kappa shape index (κ1) is 21.1. The van der Waals surface area contributed by atoms with Crippen molar-refractivity contribution < 1.29 is 28.7 Å². The summed E-state index contributed by atoms with van der Waals surface area (Å²) in [6, 6.07) is 5.91. The van der Waals surface area contributed by atoms with Crippen LogP contribution in [0.5, 0.6) is 0 Å². The minimum Gasteiger partial charge on any atom is -0.465 e. The maximum Gasteiger partial charge on any atom is 0.337 e. The van der Waals surface area contributed by atoms with E-state index in [0.29, 0.717) is 11.1 Å². The van der Waals surface area contributed by atoms with Crippen molar-refractivity contribution in [3.8, 4) is 0 Å². The van der Waals surface area contributed by atoms with Gasteiger partial charge in [0.25, 0.3) is 5.91 Å². The zero-order chi connectivity index (χ0) is 20.5. The van der Waals surface area contributed by atoms with Gasteiger partial charge in [-0.05, 0) is 43.5 Å². The third kappa shape index (κ3) is 6.53. The van der Waals surface area contributed by atoms with Gasteiger partial charge in [0.1, 0.15) is 0 Å². The first-order valence-corrected chi connectivity index (χ1v) is 9.07. The molecule has 1 aliphatic rings. The average Bonchev–Trinajstić information content (AvgIpc) is 3.18. The molecule has 8 heteroatoms. The molecule has 0 aromatic heterocycles. The van der Waals surface area contributed by atoms with Crippen molar-refractivity contribution in [2.24, 2.45) is 0 Å². The number of hydrogen-bond acceptors (Lipinski definition) is 6. The van der Waals surface area contributed by atoms with Gasteiger partial charge in [0.05, 0.1) is 12.7 Å². The summed E-state index contributed by atoms with van der Waals surface area (Å²) >= 11 is 0. The fourth-order valence-corrected chi connectivity index (χ4v) is 2.78. The Morgan fingerprint density at radius 3 is 2.36 bits per heavy atom. The van der Waals surface area contributed by atoms with Gasteiger partial charge in [-0.2, -0.15) is 0 Å². The van der Waals surface area contributed by atoms with Gasteiger partial charge >= 0.3 is 18.0 Å². The summed E-state index contributed by atoms with van der Waals surface area (Å²) in [5.41, 5.74) is 1.06. The molecule has 0 aliphatic heterocycles. The lowest BCUT2D eigenvalue weighted by Crippen LogP contribution is -2.47. The van der Waals surface area contributed by atoms with Gasteiger partial charge in [-0.15, -0.1) is 0 Å². The predicted molar refractivity (Wildman–Crippen MR) is 101 cm³/mol. The molecule has 1 aliphatic carbocycles. The van der Waals surface area contributed by atoms with Crippen LogP contribution in [0.25, 0.3) is 6.08 Å². The SMILES string of the molecule is COC(=O)c1ccc(/C=C/C(=O)O[C@@H](C)C(=O)NC(=O)NC2CCCC2)cc1. The van der Waals surface area contributed by atoms with Crippen molar-refractivity contribution in [1.82, 2.24) is 10.6 Å². The van der Waals surface area contributed by atoms with Gasteiger partial charge in [0, 0.05) is 12.1 Å². The molecular weight excluding hydrogens is 364 g/mol. The number of imide groups is 1. The van der Waals surface area contributed by atoms with E-state index in [2.05, 4.69) is 15.4 Å². The second-order valence-electron chi connectivity index (χ2n) is 6.47. The first-order chi connectivity index (χ1) is 13.4. The number of ether oxygens (including phenoxy) is 2. The van der Waals surface area contributed by atoms with E-state index in [0.717, 1.165) is 31.8 Å². The smallest absolute Gasteiger partial charge is 0.337 e. The summed E-state index contributed by atoms with van der Waals surface area (Å²) in [6.45, 7) is 1.38. The molecule has 1 atom stereocenters. The van der Waals surface area contributed by atoms with E-state index in [1.807, 2.05) is 0 Å². The normalized spacial score (nSPS) is 15.1. The Balaban J connectivity index is 1.79. The highest BCUT2D eigenvalue weighted by atomic mass is 16.5. The zero-order valence-corrected chi connectivity index (χ0v) is 15.9. The molecule has 2 N–H and O–H groups in total. The molecule has 0 radical (unpaired) electrons. The van der Waals surface area contributed by atoms with Crippen molar-refractivity contribution >= 4 is 30.0 Å². The average molecular weight is 388 g/mol. The second-order valence-corrected chi connectivity index (χ2v) is 6.47. The van der Waals surface area contributed by atoms with Crippen molar-refractivity contribution in [3.05, 3.63) is 41.5 Å². The van der Waals surface area contributed by atoms with Gasteiger partial charge in [0.2, 0.25) is 0 Å². The summed E-state index contributed by atoms with van der Waals surface area (Å²) in [5.74, 6) is -1.87. The molecule has 1 aromatic carbocycles. The molecular formula is C20H24N2O6. The number of carbonyl (C=O) groups excluding carboxylic acids is 4. The monoisotopic (exact) mass is 388 g/mol. The topological polar surface area (TPSA) is 111 Å². The highest BCUT2D eigenvalue weighted by molar-refractivity contribution is 5.98. The van der Waals surface area contributed by atoms with Crippen molar-refractivity contribution in [2.45, 2.75) is 44.8 Å². The molecule has 1 saturated carbocycles. The summed E-state index contributed by atoms with van der Waals surface area (Å²) < 4.78 is 9.60. The van der Waals surface area contributed by atoms with Crippen LogP contribution in [0.1, 0.15) is 48.5 Å². The lowest BCUT2D eigenvalue weighted by Gasteiger charge is -2.15. The summed E-state index contributed by atoms with van der Waals surface area (Å²) in [4.78, 5) is 46.9. The number of nitrogens with one attached hydrogen (secondary N) is 2. The minimum atomic E-state index is -1.12. The Labute approximate surface area is 163 Å². The van der Waals surface area contributed by atoms with E-state index in [1.165, 1.54) is 20.1 Å². The number of methoxy groups -OCH3 is 1. The molecule has 8 nitrogen and oxygen atoms in total. The number of hydrogen-bond donors (Lipinski definition) is 2. The fraction of sp³-hybridized carbons (Fsp3) is 0.400. The fourth-order valence-electron chi connectivity index (χ4n) is 2.78. The maximum atomic E-state index is 11.9. The Morgan fingerprint density at radius 1 is 1.11 bits per heavy atom. The molecule has 0 heterocycles. The number of rotatable bonds is 6. The molecule has 0 unspecified atom stereocenters. The quantitative estimate of drug-likeness (QED) is 0.571. The first-order valence-electron chi connectivity index (χ1n) is 9.07. The number of benzene rings is 1. The van der Waals surface area contributed by atoms with Gasteiger partial charge in [-0.3, -0.25) is 10.1 Å². The molecule has 1 aromatic rings. The van der Waals surface area contributed by atoms with Gasteiger partial charge < -0.3 is 14.8 Å². The van der Waals surface area contributed by atoms with Crippen LogP contribution in [0.4, 0.5) is 4.79 Å². The van der Waals surface area contributed by atoms with E-state index >= 15 is 0 Å². The van der Waals surface area contributed by atoms with Crippen LogP contribution in [0.3, 0.4) is 0 Å².